The maximum atomic E-state index is 3.72. The minimum atomic E-state index is 0. The van der Waals surface area contributed by atoms with Gasteiger partial charge in [0, 0.05) is 0 Å². The van der Waals surface area contributed by atoms with Crippen molar-refractivity contribution in [3.63, 3.8) is 0 Å². The van der Waals surface area contributed by atoms with Gasteiger partial charge in [-0.25, -0.2) is 0 Å². The van der Waals surface area contributed by atoms with Crippen LogP contribution in [0, 0.1) is 27.7 Å². The van der Waals surface area contributed by atoms with Gasteiger partial charge in [-0.2, -0.15) is 25.0 Å². The van der Waals surface area contributed by atoms with Crippen LogP contribution < -0.4 is 0 Å². The van der Waals surface area contributed by atoms with Gasteiger partial charge in [-0.15, -0.1) is 106 Å². The summed E-state index contributed by atoms with van der Waals surface area (Å²) in [5.74, 6) is 0. The van der Waals surface area contributed by atoms with Crippen molar-refractivity contribution in [3.8, 4) is 0 Å². The minimum absolute atomic E-state index is 0. The molecule has 0 aliphatic carbocycles. The molecule has 0 atom stereocenters. The number of rotatable bonds is 6. The first-order chi connectivity index (χ1) is 16.5. The molecule has 4 aromatic carbocycles. The number of halogens is 2. The molecule has 0 N–H and O–H groups in total. The van der Waals surface area contributed by atoms with Gasteiger partial charge in [-0.1, -0.05) is 78.4 Å². The second-order valence-electron chi connectivity index (χ2n) is 8.44. The Morgan fingerprint density at radius 2 is 0.972 bits per heavy atom. The number of fused-ring (bicyclic) bond motifs is 2. The van der Waals surface area contributed by atoms with Crippen molar-refractivity contribution in [2.24, 2.45) is 0 Å². The van der Waals surface area contributed by atoms with Crippen LogP contribution in [0.4, 0.5) is 0 Å². The Balaban J connectivity index is -0.000000399. The Morgan fingerprint density at radius 3 is 1.22 bits per heavy atom. The predicted octanol–water partition coefficient (Wildman–Crippen LogP) is 11.0. The summed E-state index contributed by atoms with van der Waals surface area (Å²) in [4.78, 5) is 0. The van der Waals surface area contributed by atoms with Crippen LogP contribution in [0.3, 0.4) is 0 Å². The van der Waals surface area contributed by atoms with Crippen LogP contribution in [-0.2, 0) is 23.3 Å². The molecule has 0 nitrogen and oxygen atoms in total. The van der Waals surface area contributed by atoms with Crippen LogP contribution >= 0.6 is 24.8 Å². The molecule has 4 heteroatoms. The Morgan fingerprint density at radius 1 is 0.639 bits per heavy atom. The van der Waals surface area contributed by atoms with Gasteiger partial charge >= 0.3 is 30.2 Å². The van der Waals surface area contributed by atoms with Crippen LogP contribution in [0.2, 0.25) is 0 Å². The van der Waals surface area contributed by atoms with E-state index in [1.165, 1.54) is 94.5 Å². The zero-order valence-electron chi connectivity index (χ0n) is 22.8. The molecule has 0 aromatic heterocycles. The number of unbranched alkanes of at least 4 members (excludes halogenated alkanes) is 6. The van der Waals surface area contributed by atoms with Gasteiger partial charge < -0.3 is 13.8 Å². The van der Waals surface area contributed by atoms with E-state index in [0.29, 0.717) is 0 Å². The van der Waals surface area contributed by atoms with E-state index in [-0.39, 0.29) is 24.8 Å². The summed E-state index contributed by atoms with van der Waals surface area (Å²) >= 11 is 1.36. The van der Waals surface area contributed by atoms with E-state index >= 15 is 0 Å². The first-order valence-corrected chi connectivity index (χ1v) is 16.8. The molecular weight excluding hydrogens is 575 g/mol. The topological polar surface area (TPSA) is 0 Å². The molecule has 200 valence electrons. The SMILES string of the molecule is Cc1cc2ccccc2[cH-]1.Cc1cc2ccccc2[cH-]1.Cl.Cl.[CH2-]CCCCC.[CH2-]CCCCC.[Si]=[Zr]. The Bertz CT molecular complexity index is 836. The molecular formula is C32H46Cl2SiZr-4. The first-order valence-electron chi connectivity index (χ1n) is 12.6. The summed E-state index contributed by atoms with van der Waals surface area (Å²) in [5, 5.41) is 5.39. The molecule has 36 heavy (non-hydrogen) atoms. The number of hydrogen-bond donors (Lipinski definition) is 0. The van der Waals surface area contributed by atoms with Crippen molar-refractivity contribution in [2.75, 3.05) is 0 Å². The molecule has 4 aromatic rings. The fourth-order valence-electron chi connectivity index (χ4n) is 3.47. The molecule has 0 heterocycles. The van der Waals surface area contributed by atoms with E-state index in [2.05, 4.69) is 121 Å². The van der Waals surface area contributed by atoms with E-state index in [1.54, 1.807) is 0 Å². The molecule has 0 saturated heterocycles. The summed E-state index contributed by atoms with van der Waals surface area (Å²) in [6.45, 7) is 19.2. The molecule has 4 rings (SSSR count). The van der Waals surface area contributed by atoms with Crippen molar-refractivity contribution in [2.45, 2.75) is 79.1 Å². The molecule has 0 spiro atoms. The van der Waals surface area contributed by atoms with Gasteiger partial charge in [0.05, 0.1) is 0 Å². The zero-order valence-corrected chi connectivity index (χ0v) is 27.9. The van der Waals surface area contributed by atoms with Gasteiger partial charge in [0.2, 0.25) is 0 Å². The average molecular weight is 621 g/mol. The van der Waals surface area contributed by atoms with Gasteiger partial charge in [0.1, 0.15) is 0 Å². The standard InChI is InChI=1S/2C10H9.2C6H13.2ClH.Si.Zr/c2*1-8-6-9-4-2-3-5-10(9)7-8;2*1-3-5-6-4-2;;;;/h2*2-7H,1H3;2*1,3-6H2,2H3;2*1H;;/q4*-1;;;;. The Labute approximate surface area is 251 Å². The normalized spacial score (nSPS) is 8.92. The van der Waals surface area contributed by atoms with Crippen molar-refractivity contribution < 1.29 is 23.3 Å². The Kier molecular flexibility index (Phi) is 30.3. The van der Waals surface area contributed by atoms with Crippen LogP contribution in [0.1, 0.15) is 76.3 Å². The second-order valence-corrected chi connectivity index (χ2v) is 8.44. The molecule has 0 aliphatic rings. The molecule has 0 unspecified atom stereocenters. The van der Waals surface area contributed by atoms with Crippen molar-refractivity contribution in [3.05, 3.63) is 97.8 Å². The van der Waals surface area contributed by atoms with E-state index in [1.807, 2.05) is 0 Å². The molecule has 0 bridgehead atoms. The van der Waals surface area contributed by atoms with E-state index in [9.17, 15) is 0 Å². The summed E-state index contributed by atoms with van der Waals surface area (Å²) in [6, 6.07) is 25.7. The number of aryl methyl sites for hydroxylation is 2. The van der Waals surface area contributed by atoms with Crippen molar-refractivity contribution in [1.29, 1.82) is 0 Å². The number of hydrogen-bond acceptors (Lipinski definition) is 0. The molecule has 0 fully saturated rings. The third-order valence-corrected chi connectivity index (χ3v) is 5.23. The van der Waals surface area contributed by atoms with Crippen LogP contribution in [-0.4, -0.2) is 6.88 Å². The van der Waals surface area contributed by atoms with E-state index in [4.69, 9.17) is 0 Å². The quantitative estimate of drug-likeness (QED) is 0.114. The van der Waals surface area contributed by atoms with Crippen LogP contribution in [0.15, 0.2) is 72.8 Å². The van der Waals surface area contributed by atoms with Crippen LogP contribution in [0.25, 0.3) is 21.5 Å². The van der Waals surface area contributed by atoms with E-state index in [0.717, 1.165) is 12.8 Å². The fraction of sp³-hybridized carbons (Fsp3) is 0.375. The first kappa shape index (κ1) is 39.8. The predicted molar refractivity (Wildman–Crippen MR) is 168 cm³/mol. The Hall–Kier alpha value is -0.660. The van der Waals surface area contributed by atoms with Crippen LogP contribution in [0.5, 0.6) is 0 Å². The monoisotopic (exact) mass is 618 g/mol. The van der Waals surface area contributed by atoms with Crippen molar-refractivity contribution in [1.82, 2.24) is 0 Å². The molecule has 0 amide bonds. The summed E-state index contributed by atoms with van der Waals surface area (Å²) < 4.78 is 0. The molecule has 0 aliphatic heterocycles. The van der Waals surface area contributed by atoms with Gasteiger partial charge in [-0.3, -0.25) is 0 Å². The van der Waals surface area contributed by atoms with Gasteiger partial charge in [0.15, 0.2) is 0 Å². The van der Waals surface area contributed by atoms with Gasteiger partial charge in [0.25, 0.3) is 0 Å². The van der Waals surface area contributed by atoms with Crippen molar-refractivity contribution >= 4 is 53.2 Å². The summed E-state index contributed by atoms with van der Waals surface area (Å²) in [5.41, 5.74) is 2.70. The fourth-order valence-corrected chi connectivity index (χ4v) is 3.47. The molecule has 0 saturated carbocycles. The number of benzene rings is 2. The second kappa shape index (κ2) is 27.4. The molecule has 2 radical (unpaired) electrons. The average Bonchev–Trinajstić information content (AvgIpc) is 3.44. The summed E-state index contributed by atoms with van der Waals surface area (Å²) in [7, 11) is 0. The third kappa shape index (κ3) is 18.6. The van der Waals surface area contributed by atoms with E-state index < -0.39 is 0 Å². The van der Waals surface area contributed by atoms with Gasteiger partial charge in [-0.05, 0) is 0 Å². The maximum absolute atomic E-state index is 3.72. The third-order valence-electron chi connectivity index (χ3n) is 5.23. The summed E-state index contributed by atoms with van der Waals surface area (Å²) in [6.07, 6.45) is 10.1. The zero-order chi connectivity index (χ0) is 25.6.